The van der Waals surface area contributed by atoms with Crippen molar-refractivity contribution in [1.29, 1.82) is 0 Å². The Kier molecular flexibility index (Phi) is 3.53. The van der Waals surface area contributed by atoms with Crippen molar-refractivity contribution in [1.82, 2.24) is 14.8 Å². The van der Waals surface area contributed by atoms with Crippen LogP contribution in [0.3, 0.4) is 0 Å². The minimum absolute atomic E-state index is 0.0309. The third-order valence-corrected chi connectivity index (χ3v) is 3.39. The summed E-state index contributed by atoms with van der Waals surface area (Å²) in [5.41, 5.74) is -0.0299. The molecule has 122 valence electrons. The molecule has 2 heterocycles. The number of pyridine rings is 1. The third kappa shape index (κ3) is 2.58. The van der Waals surface area contributed by atoms with Crippen molar-refractivity contribution in [3.05, 3.63) is 51.9 Å². The van der Waals surface area contributed by atoms with Crippen molar-refractivity contribution in [2.75, 3.05) is 0 Å². The lowest BCUT2D eigenvalue weighted by atomic mass is 10.1. The highest BCUT2D eigenvalue weighted by Gasteiger charge is 2.21. The highest BCUT2D eigenvalue weighted by molar-refractivity contribution is 6.03. The SMILES string of the molecule is O=C(O)Cc1ccc(-n2nc(C(=O)O)c3c(O)cc(=O)[nH]c32)cc1. The van der Waals surface area contributed by atoms with Crippen molar-refractivity contribution in [3.8, 4) is 11.4 Å². The van der Waals surface area contributed by atoms with Gasteiger partial charge in [0.25, 0.3) is 5.56 Å². The Morgan fingerprint density at radius 3 is 2.42 bits per heavy atom. The molecule has 0 radical (unpaired) electrons. The summed E-state index contributed by atoms with van der Waals surface area (Å²) in [6.45, 7) is 0. The van der Waals surface area contributed by atoms with E-state index in [1.54, 1.807) is 24.3 Å². The van der Waals surface area contributed by atoms with Crippen LogP contribution in [-0.2, 0) is 11.2 Å². The largest absolute Gasteiger partial charge is 0.507 e. The summed E-state index contributed by atoms with van der Waals surface area (Å²) in [6, 6.07) is 7.06. The van der Waals surface area contributed by atoms with Crippen molar-refractivity contribution in [3.63, 3.8) is 0 Å². The molecule has 1 aromatic carbocycles. The summed E-state index contributed by atoms with van der Waals surface area (Å²) in [7, 11) is 0. The van der Waals surface area contributed by atoms with E-state index in [4.69, 9.17) is 5.11 Å². The first-order valence-corrected chi connectivity index (χ1v) is 6.76. The van der Waals surface area contributed by atoms with E-state index in [1.165, 1.54) is 4.68 Å². The molecule has 0 unspecified atom stereocenters. The quantitative estimate of drug-likeness (QED) is 0.552. The van der Waals surface area contributed by atoms with Gasteiger partial charge in [-0.2, -0.15) is 5.10 Å². The highest BCUT2D eigenvalue weighted by atomic mass is 16.4. The van der Waals surface area contributed by atoms with E-state index in [2.05, 4.69) is 10.1 Å². The highest BCUT2D eigenvalue weighted by Crippen LogP contribution is 2.27. The minimum Gasteiger partial charge on any atom is -0.507 e. The number of aliphatic carboxylic acids is 1. The number of aromatic hydroxyl groups is 1. The fourth-order valence-corrected chi connectivity index (χ4v) is 2.39. The van der Waals surface area contributed by atoms with E-state index in [0.717, 1.165) is 6.07 Å². The summed E-state index contributed by atoms with van der Waals surface area (Å²) < 4.78 is 1.17. The predicted octanol–water partition coefficient (Wildman–Crippen LogP) is 0.745. The molecule has 0 saturated carbocycles. The standard InChI is InChI=1S/C15H11N3O6/c19-9-6-10(20)16-14-12(9)13(15(23)24)17-18(14)8-3-1-7(2-4-8)5-11(21)22/h1-4,6H,5H2,(H,21,22)(H,23,24)(H2,16,19,20). The minimum atomic E-state index is -1.36. The molecule has 0 atom stereocenters. The maximum atomic E-state index is 11.6. The van der Waals surface area contributed by atoms with Gasteiger partial charge in [0, 0.05) is 6.07 Å². The van der Waals surface area contributed by atoms with E-state index in [9.17, 15) is 24.6 Å². The number of nitrogens with zero attached hydrogens (tertiary/aromatic N) is 2. The Morgan fingerprint density at radius 2 is 1.83 bits per heavy atom. The molecule has 0 saturated heterocycles. The zero-order valence-electron chi connectivity index (χ0n) is 12.1. The number of carbonyl (C=O) groups is 2. The molecule has 3 aromatic rings. The average Bonchev–Trinajstić information content (AvgIpc) is 2.87. The van der Waals surface area contributed by atoms with Gasteiger partial charge >= 0.3 is 11.9 Å². The number of H-pyrrole nitrogens is 1. The van der Waals surface area contributed by atoms with Crippen molar-refractivity contribution in [2.45, 2.75) is 6.42 Å². The topological polar surface area (TPSA) is 146 Å². The maximum Gasteiger partial charge on any atom is 0.357 e. The number of benzene rings is 1. The van der Waals surface area contributed by atoms with Crippen molar-refractivity contribution in [2.24, 2.45) is 0 Å². The van der Waals surface area contributed by atoms with Crippen LogP contribution < -0.4 is 5.56 Å². The van der Waals surface area contributed by atoms with Crippen LogP contribution in [0.15, 0.2) is 35.1 Å². The van der Waals surface area contributed by atoms with Gasteiger partial charge in [-0.3, -0.25) is 9.59 Å². The zero-order valence-corrected chi connectivity index (χ0v) is 12.1. The number of hydrogen-bond donors (Lipinski definition) is 4. The summed E-state index contributed by atoms with van der Waals surface area (Å²) >= 11 is 0. The monoisotopic (exact) mass is 329 g/mol. The molecule has 9 nitrogen and oxygen atoms in total. The molecule has 0 fully saturated rings. The van der Waals surface area contributed by atoms with E-state index >= 15 is 0 Å². The molecule has 0 aliphatic carbocycles. The number of carboxylic acids is 2. The second-order valence-corrected chi connectivity index (χ2v) is 5.04. The summed E-state index contributed by atoms with van der Waals surface area (Å²) in [4.78, 5) is 36.0. The third-order valence-electron chi connectivity index (χ3n) is 3.39. The maximum absolute atomic E-state index is 11.6. The van der Waals surface area contributed by atoms with Crippen LogP contribution in [0.25, 0.3) is 16.7 Å². The molecule has 4 N–H and O–H groups in total. The van der Waals surface area contributed by atoms with Crippen molar-refractivity contribution < 1.29 is 24.9 Å². The van der Waals surface area contributed by atoms with Gasteiger partial charge in [0.2, 0.25) is 0 Å². The molecule has 0 spiro atoms. The molecular formula is C15H11N3O6. The molecule has 2 aromatic heterocycles. The molecule has 24 heavy (non-hydrogen) atoms. The van der Waals surface area contributed by atoms with Gasteiger partial charge in [-0.1, -0.05) is 12.1 Å². The van der Waals surface area contributed by atoms with E-state index in [0.29, 0.717) is 11.3 Å². The normalized spacial score (nSPS) is 10.8. The lowest BCUT2D eigenvalue weighted by Gasteiger charge is -2.04. The molecular weight excluding hydrogens is 318 g/mol. The first-order chi connectivity index (χ1) is 11.4. The summed E-state index contributed by atoms with van der Waals surface area (Å²) in [5, 5.41) is 31.7. The predicted molar refractivity (Wildman–Crippen MR) is 81.7 cm³/mol. The Balaban J connectivity index is 2.21. The van der Waals surface area contributed by atoms with E-state index in [-0.39, 0.29) is 17.5 Å². The number of nitrogens with one attached hydrogen (secondary N) is 1. The second kappa shape index (κ2) is 5.54. The molecule has 0 aliphatic rings. The number of hydrogen-bond acceptors (Lipinski definition) is 5. The van der Waals surface area contributed by atoms with E-state index in [1.807, 2.05) is 0 Å². The zero-order chi connectivity index (χ0) is 17.4. The van der Waals surface area contributed by atoms with E-state index < -0.39 is 28.9 Å². The van der Waals surface area contributed by atoms with Gasteiger partial charge in [-0.25, -0.2) is 9.48 Å². The van der Waals surface area contributed by atoms with Gasteiger partial charge in [0.05, 0.1) is 17.5 Å². The number of aromatic amines is 1. The fourth-order valence-electron chi connectivity index (χ4n) is 2.39. The van der Waals surface area contributed by atoms with Crippen molar-refractivity contribution >= 4 is 23.0 Å². The van der Waals surface area contributed by atoms with Gasteiger partial charge in [-0.05, 0) is 17.7 Å². The lowest BCUT2D eigenvalue weighted by molar-refractivity contribution is -0.136. The van der Waals surface area contributed by atoms with Crippen LogP contribution in [0.4, 0.5) is 0 Å². The molecule has 0 amide bonds. The summed E-state index contributed by atoms with van der Waals surface area (Å²) in [5.74, 6) is -2.82. The Bertz CT molecular complexity index is 1020. The average molecular weight is 329 g/mol. The van der Waals surface area contributed by atoms with Crippen LogP contribution in [0.2, 0.25) is 0 Å². The molecule has 0 aliphatic heterocycles. The number of rotatable bonds is 4. The van der Waals surface area contributed by atoms with Gasteiger partial charge in [0.1, 0.15) is 11.4 Å². The van der Waals surface area contributed by atoms with Crippen LogP contribution in [-0.4, -0.2) is 42.0 Å². The number of fused-ring (bicyclic) bond motifs is 1. The van der Waals surface area contributed by atoms with Gasteiger partial charge in [0.15, 0.2) is 5.69 Å². The summed E-state index contributed by atoms with van der Waals surface area (Å²) in [6.07, 6.45) is -0.155. The van der Waals surface area contributed by atoms with Gasteiger partial charge < -0.3 is 20.3 Å². The lowest BCUT2D eigenvalue weighted by Crippen LogP contribution is -2.07. The smallest absolute Gasteiger partial charge is 0.357 e. The first-order valence-electron chi connectivity index (χ1n) is 6.76. The molecule has 0 bridgehead atoms. The van der Waals surface area contributed by atoms with Crippen LogP contribution >= 0.6 is 0 Å². The molecule has 3 rings (SSSR count). The van der Waals surface area contributed by atoms with Crippen LogP contribution in [0, 0.1) is 0 Å². The Morgan fingerprint density at radius 1 is 1.17 bits per heavy atom. The first kappa shape index (κ1) is 15.3. The second-order valence-electron chi connectivity index (χ2n) is 5.04. The Hall–Kier alpha value is -3.62. The van der Waals surface area contributed by atoms with Gasteiger partial charge in [-0.15, -0.1) is 0 Å². The van der Waals surface area contributed by atoms with Crippen LogP contribution in [0.5, 0.6) is 5.75 Å². The molecule has 9 heteroatoms. The Labute approximate surface area is 133 Å². The number of aromatic nitrogens is 3. The van der Waals surface area contributed by atoms with Crippen LogP contribution in [0.1, 0.15) is 16.1 Å². The number of aromatic carboxylic acids is 1. The number of carboxylic acid groups (broad SMARTS) is 2. The fraction of sp³-hybridized carbons (Fsp3) is 0.0667.